The third-order valence-electron chi connectivity index (χ3n) is 2.76. The quantitative estimate of drug-likeness (QED) is 0.529. The zero-order chi connectivity index (χ0) is 16.5. The standard InChI is InChI=1S/C17H14ClFN2O2/c18-16-15(19)10-14(11-21-16)8-4-5-9-20-17(22)23-12-13-6-2-1-3-7-13/h1-3,6-7,10-11H,5,9,12H2,(H,20,22). The second-order valence-corrected chi connectivity index (χ2v) is 4.89. The minimum absolute atomic E-state index is 0.182. The number of nitrogens with one attached hydrogen (secondary N) is 1. The Balaban J connectivity index is 1.68. The van der Waals surface area contributed by atoms with E-state index < -0.39 is 11.9 Å². The summed E-state index contributed by atoms with van der Waals surface area (Å²) in [5, 5.41) is 2.40. The number of hydrogen-bond acceptors (Lipinski definition) is 3. The van der Waals surface area contributed by atoms with Gasteiger partial charge in [0.1, 0.15) is 6.61 Å². The van der Waals surface area contributed by atoms with Crippen LogP contribution in [0.2, 0.25) is 5.15 Å². The molecule has 0 radical (unpaired) electrons. The van der Waals surface area contributed by atoms with Crippen LogP contribution in [0.1, 0.15) is 17.5 Å². The van der Waals surface area contributed by atoms with E-state index in [4.69, 9.17) is 16.3 Å². The van der Waals surface area contributed by atoms with Gasteiger partial charge in [0.15, 0.2) is 11.0 Å². The van der Waals surface area contributed by atoms with Gasteiger partial charge in [0.05, 0.1) is 0 Å². The Labute approximate surface area is 138 Å². The van der Waals surface area contributed by atoms with E-state index in [1.807, 2.05) is 30.3 Å². The lowest BCUT2D eigenvalue weighted by atomic mass is 10.2. The number of amides is 1. The number of alkyl carbamates (subject to hydrolysis) is 1. The molecule has 1 N–H and O–H groups in total. The van der Waals surface area contributed by atoms with Gasteiger partial charge in [-0.15, -0.1) is 0 Å². The molecule has 0 aliphatic carbocycles. The largest absolute Gasteiger partial charge is 0.445 e. The first-order valence-corrected chi connectivity index (χ1v) is 7.27. The van der Waals surface area contributed by atoms with Crippen molar-refractivity contribution in [3.63, 3.8) is 0 Å². The Bertz CT molecular complexity index is 726. The van der Waals surface area contributed by atoms with Gasteiger partial charge in [-0.05, 0) is 11.6 Å². The molecule has 0 spiro atoms. The SMILES string of the molecule is O=C(NCCC#Cc1cnc(Cl)c(F)c1)OCc1ccccc1. The highest BCUT2D eigenvalue weighted by Gasteiger charge is 2.01. The second-order valence-electron chi connectivity index (χ2n) is 4.54. The van der Waals surface area contributed by atoms with Crippen LogP contribution >= 0.6 is 11.6 Å². The molecule has 1 aromatic carbocycles. The van der Waals surface area contributed by atoms with Crippen molar-refractivity contribution in [3.05, 3.63) is 64.7 Å². The van der Waals surface area contributed by atoms with Gasteiger partial charge in [-0.2, -0.15) is 0 Å². The highest BCUT2D eigenvalue weighted by molar-refractivity contribution is 6.29. The number of carbonyl (C=O) groups excluding carboxylic acids is 1. The number of nitrogens with zero attached hydrogens (tertiary/aromatic N) is 1. The summed E-state index contributed by atoms with van der Waals surface area (Å²) in [5.74, 6) is 4.94. The van der Waals surface area contributed by atoms with Gasteiger partial charge in [0.25, 0.3) is 0 Å². The van der Waals surface area contributed by atoms with Gasteiger partial charge < -0.3 is 10.1 Å². The average molecular weight is 333 g/mol. The third kappa shape index (κ3) is 5.97. The fourth-order valence-electron chi connectivity index (χ4n) is 1.66. The molecular weight excluding hydrogens is 319 g/mol. The summed E-state index contributed by atoms with van der Waals surface area (Å²) in [6.07, 6.45) is 1.29. The van der Waals surface area contributed by atoms with Gasteiger partial charge in [-0.25, -0.2) is 14.2 Å². The van der Waals surface area contributed by atoms with Crippen molar-refractivity contribution in [3.8, 4) is 11.8 Å². The lowest BCUT2D eigenvalue weighted by molar-refractivity contribution is 0.140. The van der Waals surface area contributed by atoms with Crippen LogP contribution in [-0.4, -0.2) is 17.6 Å². The van der Waals surface area contributed by atoms with Crippen molar-refractivity contribution in [1.29, 1.82) is 0 Å². The van der Waals surface area contributed by atoms with Gasteiger partial charge in [-0.1, -0.05) is 53.8 Å². The van der Waals surface area contributed by atoms with E-state index >= 15 is 0 Å². The number of hydrogen-bond donors (Lipinski definition) is 1. The molecule has 0 aliphatic heterocycles. The Hall–Kier alpha value is -2.58. The van der Waals surface area contributed by atoms with Crippen molar-refractivity contribution >= 4 is 17.7 Å². The topological polar surface area (TPSA) is 51.2 Å². The Morgan fingerprint density at radius 2 is 2.13 bits per heavy atom. The van der Waals surface area contributed by atoms with Crippen LogP contribution in [0.15, 0.2) is 42.6 Å². The number of ether oxygens (including phenoxy) is 1. The van der Waals surface area contributed by atoms with Crippen LogP contribution < -0.4 is 5.32 Å². The number of benzene rings is 1. The van der Waals surface area contributed by atoms with E-state index in [0.29, 0.717) is 18.5 Å². The van der Waals surface area contributed by atoms with Crippen molar-refractivity contribution in [2.75, 3.05) is 6.54 Å². The smallest absolute Gasteiger partial charge is 0.407 e. The molecule has 1 amide bonds. The summed E-state index contributed by atoms with van der Waals surface area (Å²) >= 11 is 5.48. The lowest BCUT2D eigenvalue weighted by Crippen LogP contribution is -2.24. The van der Waals surface area contributed by atoms with E-state index in [0.717, 1.165) is 5.56 Å². The number of carbonyl (C=O) groups is 1. The molecule has 0 unspecified atom stereocenters. The molecule has 0 bridgehead atoms. The molecule has 4 nitrogen and oxygen atoms in total. The minimum Gasteiger partial charge on any atom is -0.445 e. The van der Waals surface area contributed by atoms with E-state index in [1.165, 1.54) is 12.3 Å². The first kappa shape index (κ1) is 16.8. The van der Waals surface area contributed by atoms with Crippen LogP contribution in [-0.2, 0) is 11.3 Å². The van der Waals surface area contributed by atoms with Crippen LogP contribution in [0.25, 0.3) is 0 Å². The Morgan fingerprint density at radius 3 is 2.87 bits per heavy atom. The van der Waals surface area contributed by atoms with E-state index in [-0.39, 0.29) is 11.8 Å². The normalized spacial score (nSPS) is 9.65. The molecule has 1 heterocycles. The molecule has 0 saturated heterocycles. The van der Waals surface area contributed by atoms with E-state index in [1.54, 1.807) is 0 Å². The molecule has 0 saturated carbocycles. The number of halogens is 2. The molecule has 6 heteroatoms. The monoisotopic (exact) mass is 332 g/mol. The van der Waals surface area contributed by atoms with Crippen LogP contribution in [0.4, 0.5) is 9.18 Å². The number of pyridine rings is 1. The molecule has 1 aromatic heterocycles. The van der Waals surface area contributed by atoms with Crippen LogP contribution in [0.3, 0.4) is 0 Å². The number of aromatic nitrogens is 1. The summed E-state index contributed by atoms with van der Waals surface area (Å²) in [6, 6.07) is 10.6. The summed E-state index contributed by atoms with van der Waals surface area (Å²) in [5.41, 5.74) is 1.35. The van der Waals surface area contributed by atoms with E-state index in [2.05, 4.69) is 22.1 Å². The van der Waals surface area contributed by atoms with Crippen molar-refractivity contribution in [2.24, 2.45) is 0 Å². The van der Waals surface area contributed by atoms with Crippen LogP contribution in [0.5, 0.6) is 0 Å². The average Bonchev–Trinajstić information content (AvgIpc) is 2.57. The predicted octanol–water partition coefficient (Wildman–Crippen LogP) is 3.54. The first-order chi connectivity index (χ1) is 11.1. The van der Waals surface area contributed by atoms with Gasteiger partial charge in [0.2, 0.25) is 0 Å². The zero-order valence-corrected chi connectivity index (χ0v) is 12.9. The summed E-state index contributed by atoms with van der Waals surface area (Å²) in [7, 11) is 0. The Morgan fingerprint density at radius 1 is 1.35 bits per heavy atom. The first-order valence-electron chi connectivity index (χ1n) is 6.89. The minimum atomic E-state index is -0.610. The summed E-state index contributed by atoms with van der Waals surface area (Å²) in [6.45, 7) is 0.554. The molecule has 23 heavy (non-hydrogen) atoms. The predicted molar refractivity (Wildman–Crippen MR) is 85.3 cm³/mol. The van der Waals surface area contributed by atoms with Crippen molar-refractivity contribution in [1.82, 2.24) is 10.3 Å². The lowest BCUT2D eigenvalue weighted by Gasteiger charge is -2.05. The molecule has 2 aromatic rings. The molecule has 0 fully saturated rings. The molecule has 0 atom stereocenters. The van der Waals surface area contributed by atoms with Gasteiger partial charge in [0, 0.05) is 24.7 Å². The molecular formula is C17H14ClFN2O2. The van der Waals surface area contributed by atoms with Gasteiger partial charge in [-0.3, -0.25) is 0 Å². The van der Waals surface area contributed by atoms with Crippen molar-refractivity contribution in [2.45, 2.75) is 13.0 Å². The summed E-state index contributed by atoms with van der Waals surface area (Å²) < 4.78 is 18.2. The maximum atomic E-state index is 13.1. The zero-order valence-electron chi connectivity index (χ0n) is 12.2. The maximum Gasteiger partial charge on any atom is 0.407 e. The Kier molecular flexibility index (Phi) is 6.40. The molecule has 118 valence electrons. The fourth-order valence-corrected chi connectivity index (χ4v) is 1.76. The fraction of sp³-hybridized carbons (Fsp3) is 0.176. The maximum absolute atomic E-state index is 13.1. The summed E-state index contributed by atoms with van der Waals surface area (Å²) in [4.78, 5) is 15.1. The van der Waals surface area contributed by atoms with Gasteiger partial charge >= 0.3 is 6.09 Å². The number of rotatable bonds is 4. The van der Waals surface area contributed by atoms with Crippen LogP contribution in [0, 0.1) is 17.7 Å². The highest BCUT2D eigenvalue weighted by atomic mass is 35.5. The highest BCUT2D eigenvalue weighted by Crippen LogP contribution is 2.11. The second kappa shape index (κ2) is 8.76. The van der Waals surface area contributed by atoms with E-state index in [9.17, 15) is 9.18 Å². The molecule has 2 rings (SSSR count). The third-order valence-corrected chi connectivity index (χ3v) is 3.04. The van der Waals surface area contributed by atoms with Crippen molar-refractivity contribution < 1.29 is 13.9 Å². The molecule has 0 aliphatic rings.